The zero-order valence-corrected chi connectivity index (χ0v) is 14.2. The summed E-state index contributed by atoms with van der Waals surface area (Å²) in [6.07, 6.45) is 0. The minimum Gasteiger partial charge on any atom is -0.495 e. The first kappa shape index (κ1) is 16.6. The summed E-state index contributed by atoms with van der Waals surface area (Å²) in [6.45, 7) is 1.97. The Balaban J connectivity index is 1.69. The number of hydrogen-bond donors (Lipinski definition) is 2. The Morgan fingerprint density at radius 2 is 1.60 bits per heavy atom. The third kappa shape index (κ3) is 4.18. The van der Waals surface area contributed by atoms with Crippen molar-refractivity contribution in [3.63, 3.8) is 0 Å². The first-order valence-electron chi connectivity index (χ1n) is 8.04. The molecule has 0 heterocycles. The van der Waals surface area contributed by atoms with Crippen LogP contribution in [-0.4, -0.2) is 13.0 Å². The number of hydrogen-bond acceptors (Lipinski definition) is 3. The molecule has 0 aliphatic carbocycles. The molecule has 1 amide bonds. The van der Waals surface area contributed by atoms with Crippen LogP contribution in [0.25, 0.3) is 0 Å². The standard InChI is InChI=1S/C21H20N2O2/c1-15-6-5-7-16(14-15)21(24)23-18-12-10-17(11-13-18)22-19-8-3-4-9-20(19)25-2/h3-14,22H,1-2H3,(H,23,24). The second-order valence-corrected chi connectivity index (χ2v) is 5.73. The average Bonchev–Trinajstić information content (AvgIpc) is 2.64. The largest absolute Gasteiger partial charge is 0.495 e. The van der Waals surface area contributed by atoms with Crippen molar-refractivity contribution in [3.8, 4) is 5.75 Å². The summed E-state index contributed by atoms with van der Waals surface area (Å²) >= 11 is 0. The van der Waals surface area contributed by atoms with Gasteiger partial charge in [0.05, 0.1) is 12.8 Å². The Hall–Kier alpha value is -3.27. The van der Waals surface area contributed by atoms with Gasteiger partial charge in [-0.2, -0.15) is 0 Å². The van der Waals surface area contributed by atoms with E-state index in [9.17, 15) is 4.79 Å². The Bertz CT molecular complexity index is 873. The number of ether oxygens (including phenoxy) is 1. The van der Waals surface area contributed by atoms with Crippen molar-refractivity contribution >= 4 is 23.0 Å². The van der Waals surface area contributed by atoms with Crippen molar-refractivity contribution < 1.29 is 9.53 Å². The number of rotatable bonds is 5. The Morgan fingerprint density at radius 1 is 0.880 bits per heavy atom. The lowest BCUT2D eigenvalue weighted by Gasteiger charge is -2.12. The lowest BCUT2D eigenvalue weighted by atomic mass is 10.1. The van der Waals surface area contributed by atoms with Crippen LogP contribution in [0.15, 0.2) is 72.8 Å². The van der Waals surface area contributed by atoms with E-state index in [1.165, 1.54) is 0 Å². The molecule has 0 fully saturated rings. The van der Waals surface area contributed by atoms with E-state index in [1.54, 1.807) is 13.2 Å². The Kier molecular flexibility index (Phi) is 5.00. The minimum atomic E-state index is -0.117. The number of amides is 1. The number of methoxy groups -OCH3 is 1. The van der Waals surface area contributed by atoms with Crippen molar-refractivity contribution in [1.82, 2.24) is 0 Å². The number of carbonyl (C=O) groups excluding carboxylic acids is 1. The van der Waals surface area contributed by atoms with Gasteiger partial charge in [0.2, 0.25) is 0 Å². The topological polar surface area (TPSA) is 50.4 Å². The van der Waals surface area contributed by atoms with Gasteiger partial charge in [-0.05, 0) is 55.5 Å². The third-order valence-corrected chi connectivity index (χ3v) is 3.81. The summed E-state index contributed by atoms with van der Waals surface area (Å²) in [5.74, 6) is 0.661. The van der Waals surface area contributed by atoms with Gasteiger partial charge in [-0.1, -0.05) is 29.8 Å². The van der Waals surface area contributed by atoms with Gasteiger partial charge in [0.15, 0.2) is 0 Å². The monoisotopic (exact) mass is 332 g/mol. The number of aryl methyl sites for hydroxylation is 1. The first-order chi connectivity index (χ1) is 12.2. The maximum Gasteiger partial charge on any atom is 0.255 e. The van der Waals surface area contributed by atoms with Crippen LogP contribution in [0.1, 0.15) is 15.9 Å². The number of carbonyl (C=O) groups is 1. The van der Waals surface area contributed by atoms with E-state index in [0.717, 1.165) is 28.4 Å². The maximum atomic E-state index is 12.3. The summed E-state index contributed by atoms with van der Waals surface area (Å²) < 4.78 is 5.33. The molecular weight excluding hydrogens is 312 g/mol. The molecule has 25 heavy (non-hydrogen) atoms. The van der Waals surface area contributed by atoms with Gasteiger partial charge in [0, 0.05) is 16.9 Å². The van der Waals surface area contributed by atoms with E-state index in [-0.39, 0.29) is 5.91 Å². The number of benzene rings is 3. The van der Waals surface area contributed by atoms with Crippen LogP contribution in [0, 0.1) is 6.92 Å². The van der Waals surface area contributed by atoms with Crippen LogP contribution in [0.2, 0.25) is 0 Å². The smallest absolute Gasteiger partial charge is 0.255 e. The molecule has 4 nitrogen and oxygen atoms in total. The summed E-state index contributed by atoms with van der Waals surface area (Å²) in [4.78, 5) is 12.3. The van der Waals surface area contributed by atoms with Crippen LogP contribution >= 0.6 is 0 Å². The molecule has 2 N–H and O–H groups in total. The van der Waals surface area contributed by atoms with E-state index in [4.69, 9.17) is 4.74 Å². The SMILES string of the molecule is COc1ccccc1Nc1ccc(NC(=O)c2cccc(C)c2)cc1. The molecule has 0 aromatic heterocycles. The molecule has 0 unspecified atom stereocenters. The number of nitrogens with one attached hydrogen (secondary N) is 2. The normalized spacial score (nSPS) is 10.2. The zero-order chi connectivity index (χ0) is 17.6. The quantitative estimate of drug-likeness (QED) is 0.691. The van der Waals surface area contributed by atoms with Crippen LogP contribution < -0.4 is 15.4 Å². The van der Waals surface area contributed by atoms with Crippen molar-refractivity contribution in [2.24, 2.45) is 0 Å². The first-order valence-corrected chi connectivity index (χ1v) is 8.04. The molecule has 3 rings (SSSR count). The molecule has 0 aliphatic heterocycles. The fourth-order valence-electron chi connectivity index (χ4n) is 2.53. The van der Waals surface area contributed by atoms with E-state index < -0.39 is 0 Å². The number of anilines is 3. The van der Waals surface area contributed by atoms with Crippen molar-refractivity contribution in [2.45, 2.75) is 6.92 Å². The molecule has 3 aromatic rings. The summed E-state index contributed by atoms with van der Waals surface area (Å²) in [7, 11) is 1.64. The van der Waals surface area contributed by atoms with Crippen LogP contribution in [0.3, 0.4) is 0 Å². The highest BCUT2D eigenvalue weighted by Gasteiger charge is 2.06. The van der Waals surface area contributed by atoms with Crippen molar-refractivity contribution in [1.29, 1.82) is 0 Å². The fourth-order valence-corrected chi connectivity index (χ4v) is 2.53. The number of para-hydroxylation sites is 2. The molecular formula is C21H20N2O2. The lowest BCUT2D eigenvalue weighted by molar-refractivity contribution is 0.102. The Morgan fingerprint density at radius 3 is 2.32 bits per heavy atom. The second-order valence-electron chi connectivity index (χ2n) is 5.73. The van der Waals surface area contributed by atoms with Crippen molar-refractivity contribution in [3.05, 3.63) is 83.9 Å². The minimum absolute atomic E-state index is 0.117. The molecule has 0 radical (unpaired) electrons. The molecule has 4 heteroatoms. The van der Waals surface area contributed by atoms with Crippen LogP contribution in [-0.2, 0) is 0 Å². The maximum absolute atomic E-state index is 12.3. The zero-order valence-electron chi connectivity index (χ0n) is 14.2. The van der Waals surface area contributed by atoms with Crippen LogP contribution in [0.5, 0.6) is 5.75 Å². The van der Waals surface area contributed by atoms with E-state index in [2.05, 4.69) is 10.6 Å². The average molecular weight is 332 g/mol. The third-order valence-electron chi connectivity index (χ3n) is 3.81. The van der Waals surface area contributed by atoms with Gasteiger partial charge in [-0.15, -0.1) is 0 Å². The molecule has 0 saturated heterocycles. The highest BCUT2D eigenvalue weighted by atomic mass is 16.5. The fraction of sp³-hybridized carbons (Fsp3) is 0.0952. The van der Waals surface area contributed by atoms with E-state index in [1.807, 2.05) is 73.7 Å². The van der Waals surface area contributed by atoms with Crippen LogP contribution in [0.4, 0.5) is 17.1 Å². The summed E-state index contributed by atoms with van der Waals surface area (Å²) in [5.41, 5.74) is 4.26. The van der Waals surface area contributed by atoms with E-state index >= 15 is 0 Å². The molecule has 0 spiro atoms. The van der Waals surface area contributed by atoms with Gasteiger partial charge in [-0.3, -0.25) is 4.79 Å². The predicted molar refractivity (Wildman–Crippen MR) is 102 cm³/mol. The predicted octanol–water partition coefficient (Wildman–Crippen LogP) is 5.00. The molecule has 0 saturated carbocycles. The van der Waals surface area contributed by atoms with Gasteiger partial charge < -0.3 is 15.4 Å². The molecule has 3 aromatic carbocycles. The van der Waals surface area contributed by atoms with E-state index in [0.29, 0.717) is 5.56 Å². The van der Waals surface area contributed by atoms with Gasteiger partial charge >= 0.3 is 0 Å². The molecule has 126 valence electrons. The summed E-state index contributed by atoms with van der Waals surface area (Å²) in [5, 5.41) is 6.21. The highest BCUT2D eigenvalue weighted by Crippen LogP contribution is 2.27. The molecule has 0 aliphatic rings. The summed E-state index contributed by atoms with van der Waals surface area (Å²) in [6, 6.07) is 22.8. The highest BCUT2D eigenvalue weighted by molar-refractivity contribution is 6.04. The van der Waals surface area contributed by atoms with Gasteiger partial charge in [0.1, 0.15) is 5.75 Å². The van der Waals surface area contributed by atoms with Gasteiger partial charge in [0.25, 0.3) is 5.91 Å². The van der Waals surface area contributed by atoms with Gasteiger partial charge in [-0.25, -0.2) is 0 Å². The second kappa shape index (κ2) is 7.53. The lowest BCUT2D eigenvalue weighted by Crippen LogP contribution is -2.11. The molecule has 0 bridgehead atoms. The van der Waals surface area contributed by atoms with Crippen molar-refractivity contribution in [2.75, 3.05) is 17.7 Å². The Labute approximate surface area is 147 Å². The molecule has 0 atom stereocenters.